The summed E-state index contributed by atoms with van der Waals surface area (Å²) in [5.41, 5.74) is 2.22. The van der Waals surface area contributed by atoms with Crippen LogP contribution in [-0.4, -0.2) is 26.6 Å². The summed E-state index contributed by atoms with van der Waals surface area (Å²) in [4.78, 5) is 4.19. The van der Waals surface area contributed by atoms with E-state index in [1.54, 1.807) is 60.9 Å². The first-order valence-corrected chi connectivity index (χ1v) is 12.5. The van der Waals surface area contributed by atoms with Gasteiger partial charge in [-0.3, -0.25) is 9.29 Å². The highest BCUT2D eigenvalue weighted by Crippen LogP contribution is 2.32. The highest BCUT2D eigenvalue weighted by molar-refractivity contribution is 7.92. The van der Waals surface area contributed by atoms with Gasteiger partial charge < -0.3 is 10.1 Å². The van der Waals surface area contributed by atoms with Crippen molar-refractivity contribution in [3.05, 3.63) is 114 Å². The van der Waals surface area contributed by atoms with Gasteiger partial charge in [-0.15, -0.1) is 0 Å². The molecule has 1 aromatic heterocycles. The fourth-order valence-electron chi connectivity index (χ4n) is 3.39. The molecule has 3 aromatic carbocycles. The molecule has 1 N–H and O–H groups in total. The third-order valence-electron chi connectivity index (χ3n) is 5.02. The van der Waals surface area contributed by atoms with Crippen LogP contribution < -0.4 is 14.4 Å². The third kappa shape index (κ3) is 6.07. The lowest BCUT2D eigenvalue weighted by molar-refractivity contribution is 0.333. The maximum absolute atomic E-state index is 13.6. The van der Waals surface area contributed by atoms with Crippen molar-refractivity contribution in [1.29, 1.82) is 0 Å². The predicted octanol–water partition coefficient (Wildman–Crippen LogP) is 5.62. The summed E-state index contributed by atoms with van der Waals surface area (Å²) in [7, 11) is -3.85. The number of hydrogen-bond acceptors (Lipinski definition) is 5. The van der Waals surface area contributed by atoms with Crippen LogP contribution in [0.15, 0.2) is 108 Å². The maximum atomic E-state index is 13.6. The molecule has 0 saturated heterocycles. The first-order valence-electron chi connectivity index (χ1n) is 10.7. The number of halogens is 1. The Morgan fingerprint density at radius 2 is 1.56 bits per heavy atom. The van der Waals surface area contributed by atoms with Crippen molar-refractivity contribution < 1.29 is 13.2 Å². The number of sulfonamides is 1. The summed E-state index contributed by atoms with van der Waals surface area (Å²) in [6, 6.07) is 26.5. The predicted molar refractivity (Wildman–Crippen MR) is 136 cm³/mol. The molecule has 0 aliphatic heterocycles. The molecule has 1 heterocycles. The van der Waals surface area contributed by atoms with Crippen LogP contribution in [0.1, 0.15) is 5.56 Å². The molecule has 4 aromatic rings. The van der Waals surface area contributed by atoms with Crippen molar-refractivity contribution in [2.75, 3.05) is 22.8 Å². The second-order valence-electron chi connectivity index (χ2n) is 7.47. The van der Waals surface area contributed by atoms with E-state index >= 15 is 0 Å². The normalized spacial score (nSPS) is 11.1. The second kappa shape index (κ2) is 11.0. The van der Waals surface area contributed by atoms with Crippen molar-refractivity contribution in [3.8, 4) is 5.75 Å². The van der Waals surface area contributed by atoms with Gasteiger partial charge >= 0.3 is 0 Å². The van der Waals surface area contributed by atoms with Gasteiger partial charge in [0.15, 0.2) is 0 Å². The van der Waals surface area contributed by atoms with Crippen molar-refractivity contribution in [3.63, 3.8) is 0 Å². The molecule has 0 amide bonds. The molecule has 174 valence electrons. The number of rotatable bonds is 10. The van der Waals surface area contributed by atoms with E-state index in [1.807, 2.05) is 42.5 Å². The SMILES string of the molecule is O=S(=O)(c1ccccc1)N(Cc1ccccc1)c1cc(Cl)cc(OCCNc2ccncc2)c1. The summed E-state index contributed by atoms with van der Waals surface area (Å²) in [5.74, 6) is 0.486. The Morgan fingerprint density at radius 3 is 2.26 bits per heavy atom. The summed E-state index contributed by atoms with van der Waals surface area (Å²) >= 11 is 6.38. The van der Waals surface area contributed by atoms with Gasteiger partial charge in [-0.05, 0) is 42.0 Å². The van der Waals surface area contributed by atoms with Crippen molar-refractivity contribution in [1.82, 2.24) is 4.98 Å². The molecular weight excluding hydrogens is 470 g/mol. The van der Waals surface area contributed by atoms with Crippen LogP contribution in [0.25, 0.3) is 0 Å². The molecule has 0 bridgehead atoms. The first-order chi connectivity index (χ1) is 16.5. The minimum Gasteiger partial charge on any atom is -0.492 e. The van der Waals surface area contributed by atoms with E-state index in [0.717, 1.165) is 11.3 Å². The van der Waals surface area contributed by atoms with Crippen molar-refractivity contribution >= 4 is 33.0 Å². The fourth-order valence-corrected chi connectivity index (χ4v) is 5.07. The van der Waals surface area contributed by atoms with Crippen LogP contribution in [0.3, 0.4) is 0 Å². The summed E-state index contributed by atoms with van der Waals surface area (Å²) in [5, 5.41) is 3.63. The fraction of sp³-hybridized carbons (Fsp3) is 0.115. The summed E-state index contributed by atoms with van der Waals surface area (Å²) < 4.78 is 34.4. The lowest BCUT2D eigenvalue weighted by atomic mass is 10.2. The number of ether oxygens (including phenoxy) is 1. The molecule has 0 aliphatic rings. The zero-order valence-corrected chi connectivity index (χ0v) is 19.9. The van der Waals surface area contributed by atoms with E-state index in [2.05, 4.69) is 10.3 Å². The summed E-state index contributed by atoms with van der Waals surface area (Å²) in [6.07, 6.45) is 3.42. The van der Waals surface area contributed by atoms with Gasteiger partial charge in [0.05, 0.1) is 17.1 Å². The molecule has 0 spiro atoms. The topological polar surface area (TPSA) is 71.5 Å². The quantitative estimate of drug-likeness (QED) is 0.290. The van der Waals surface area contributed by atoms with Gasteiger partial charge in [-0.1, -0.05) is 60.1 Å². The molecular formula is C26H24ClN3O3S. The zero-order chi connectivity index (χ0) is 23.8. The van der Waals surface area contributed by atoms with E-state index in [4.69, 9.17) is 16.3 Å². The van der Waals surface area contributed by atoms with Crippen LogP contribution >= 0.6 is 11.6 Å². The molecule has 0 unspecified atom stereocenters. The smallest absolute Gasteiger partial charge is 0.264 e. The molecule has 4 rings (SSSR count). The highest BCUT2D eigenvalue weighted by Gasteiger charge is 2.26. The Bertz CT molecular complexity index is 1310. The van der Waals surface area contributed by atoms with Gasteiger partial charge in [0.1, 0.15) is 12.4 Å². The number of aromatic nitrogens is 1. The molecule has 0 radical (unpaired) electrons. The van der Waals surface area contributed by atoms with E-state index < -0.39 is 10.0 Å². The molecule has 6 nitrogen and oxygen atoms in total. The van der Waals surface area contributed by atoms with Crippen LogP contribution in [0, 0.1) is 0 Å². The average Bonchev–Trinajstić information content (AvgIpc) is 2.86. The van der Waals surface area contributed by atoms with Gasteiger partial charge in [0.2, 0.25) is 0 Å². The summed E-state index contributed by atoms with van der Waals surface area (Å²) in [6.45, 7) is 1.08. The number of hydrogen-bond donors (Lipinski definition) is 1. The van der Waals surface area contributed by atoms with Gasteiger partial charge in [-0.2, -0.15) is 0 Å². The first kappa shape index (κ1) is 23.6. The number of nitrogens with zero attached hydrogens (tertiary/aromatic N) is 2. The number of benzene rings is 3. The van der Waals surface area contributed by atoms with Crippen LogP contribution in [0.2, 0.25) is 5.02 Å². The van der Waals surface area contributed by atoms with Crippen LogP contribution in [-0.2, 0) is 16.6 Å². The Labute approximate surface area is 204 Å². The Morgan fingerprint density at radius 1 is 0.882 bits per heavy atom. The van der Waals surface area contributed by atoms with E-state index in [-0.39, 0.29) is 11.4 Å². The Hall–Kier alpha value is -3.55. The van der Waals surface area contributed by atoms with Crippen molar-refractivity contribution in [2.45, 2.75) is 11.4 Å². The van der Waals surface area contributed by atoms with E-state index in [9.17, 15) is 8.42 Å². The molecule has 0 fully saturated rings. The van der Waals surface area contributed by atoms with Crippen molar-refractivity contribution in [2.24, 2.45) is 0 Å². The van der Waals surface area contributed by atoms with Gasteiger partial charge in [0.25, 0.3) is 10.0 Å². The van der Waals surface area contributed by atoms with Crippen LogP contribution in [0.5, 0.6) is 5.75 Å². The monoisotopic (exact) mass is 493 g/mol. The van der Waals surface area contributed by atoms with E-state index in [1.165, 1.54) is 4.31 Å². The zero-order valence-electron chi connectivity index (χ0n) is 18.3. The van der Waals surface area contributed by atoms with Gasteiger partial charge in [0, 0.05) is 35.7 Å². The molecule has 0 saturated carbocycles. The second-order valence-corrected chi connectivity index (χ2v) is 9.77. The Balaban J connectivity index is 1.58. The Kier molecular flexibility index (Phi) is 7.67. The van der Waals surface area contributed by atoms with E-state index in [0.29, 0.717) is 29.6 Å². The number of pyridine rings is 1. The number of anilines is 2. The largest absolute Gasteiger partial charge is 0.492 e. The third-order valence-corrected chi connectivity index (χ3v) is 7.03. The molecule has 0 atom stereocenters. The highest BCUT2D eigenvalue weighted by atomic mass is 35.5. The maximum Gasteiger partial charge on any atom is 0.264 e. The number of nitrogens with one attached hydrogen (secondary N) is 1. The molecule has 0 aliphatic carbocycles. The molecule has 34 heavy (non-hydrogen) atoms. The lowest BCUT2D eigenvalue weighted by Gasteiger charge is -2.25. The molecule has 8 heteroatoms. The minimum absolute atomic E-state index is 0.154. The van der Waals surface area contributed by atoms with Gasteiger partial charge in [-0.25, -0.2) is 8.42 Å². The minimum atomic E-state index is -3.85. The standard InChI is InChI=1S/C26H24ClN3O3S/c27-22-17-24(19-25(18-22)33-16-15-29-23-11-13-28-14-12-23)30(20-21-7-3-1-4-8-21)34(31,32)26-9-5-2-6-10-26/h1-14,17-19H,15-16,20H2,(H,28,29). The lowest BCUT2D eigenvalue weighted by Crippen LogP contribution is -2.30. The van der Waals surface area contributed by atoms with Crippen LogP contribution in [0.4, 0.5) is 11.4 Å². The average molecular weight is 494 g/mol.